The van der Waals surface area contributed by atoms with E-state index in [0.29, 0.717) is 22.3 Å². The topological polar surface area (TPSA) is 98.3 Å². The second-order valence-corrected chi connectivity index (χ2v) is 10.00. The minimum absolute atomic E-state index is 0.0196. The Balaban J connectivity index is 2.32. The molecule has 2 aliphatic rings. The summed E-state index contributed by atoms with van der Waals surface area (Å²) < 4.78 is 24.2. The maximum Gasteiger partial charge on any atom is 0.305 e. The molecule has 2 rings (SSSR count). The van der Waals surface area contributed by atoms with E-state index in [9.17, 15) is 9.90 Å². The maximum absolute atomic E-state index is 11.6. The number of rotatable bonds is 7. The number of thiocarbonyl (C=S) groups is 2. The minimum atomic E-state index is -1.05. The fourth-order valence-electron chi connectivity index (χ4n) is 4.54. The quantitative estimate of drug-likeness (QED) is 0.365. The summed E-state index contributed by atoms with van der Waals surface area (Å²) in [6.45, 7) is 13.2. The van der Waals surface area contributed by atoms with E-state index in [1.165, 1.54) is 6.92 Å². The van der Waals surface area contributed by atoms with Gasteiger partial charge in [-0.2, -0.15) is 0 Å². The molecule has 0 spiro atoms. The van der Waals surface area contributed by atoms with Crippen LogP contribution in [0.3, 0.4) is 0 Å². The third-order valence-corrected chi connectivity index (χ3v) is 6.61. The molecular weight excluding hydrogens is 452 g/mol. The number of hydrogen-bond donors (Lipinski definition) is 3. The van der Waals surface area contributed by atoms with E-state index in [2.05, 4.69) is 31.4 Å². The highest BCUT2D eigenvalue weighted by Gasteiger charge is 2.50. The van der Waals surface area contributed by atoms with E-state index in [1.807, 2.05) is 13.8 Å². The molecule has 0 aliphatic carbocycles. The molecule has 0 amide bonds. The normalized spacial score (nSPS) is 39.8. The lowest BCUT2D eigenvalue weighted by atomic mass is 9.81. The van der Waals surface area contributed by atoms with Gasteiger partial charge < -0.3 is 34.7 Å². The van der Waals surface area contributed by atoms with Gasteiger partial charge in [-0.25, -0.2) is 0 Å². The Labute approximate surface area is 202 Å². The molecule has 8 nitrogen and oxygen atoms in total. The molecule has 0 aromatic rings. The molecule has 10 atom stereocenters. The minimum Gasteiger partial charge on any atom is -0.434 e. The number of aliphatic hydroxyl groups is 1. The molecule has 2 aliphatic heterocycles. The smallest absolute Gasteiger partial charge is 0.305 e. The van der Waals surface area contributed by atoms with E-state index in [-0.39, 0.29) is 18.1 Å². The lowest BCUT2D eigenvalue weighted by molar-refractivity contribution is -0.314. The van der Waals surface area contributed by atoms with Gasteiger partial charge in [0.2, 0.25) is 6.29 Å². The molecule has 184 valence electrons. The van der Waals surface area contributed by atoms with Gasteiger partial charge in [-0.15, -0.1) is 0 Å². The van der Waals surface area contributed by atoms with Crippen molar-refractivity contribution in [3.8, 4) is 0 Å². The monoisotopic (exact) mass is 490 g/mol. The van der Waals surface area contributed by atoms with Crippen molar-refractivity contribution in [1.82, 2.24) is 10.6 Å². The van der Waals surface area contributed by atoms with Gasteiger partial charge in [0, 0.05) is 6.92 Å². The van der Waals surface area contributed by atoms with Gasteiger partial charge >= 0.3 is 5.97 Å². The van der Waals surface area contributed by atoms with Crippen LogP contribution in [0.25, 0.3) is 0 Å². The number of ether oxygens (including phenoxy) is 4. The van der Waals surface area contributed by atoms with Crippen molar-refractivity contribution in [2.24, 2.45) is 11.8 Å². The van der Waals surface area contributed by atoms with Crippen molar-refractivity contribution in [3.05, 3.63) is 0 Å². The van der Waals surface area contributed by atoms with Gasteiger partial charge in [0.15, 0.2) is 6.29 Å². The van der Waals surface area contributed by atoms with Crippen LogP contribution < -0.4 is 10.6 Å². The Morgan fingerprint density at radius 2 is 1.44 bits per heavy atom. The van der Waals surface area contributed by atoms with Crippen LogP contribution in [-0.4, -0.2) is 70.1 Å². The summed E-state index contributed by atoms with van der Waals surface area (Å²) >= 11 is 10.5. The Kier molecular flexibility index (Phi) is 10.2. The van der Waals surface area contributed by atoms with Crippen LogP contribution in [0.1, 0.15) is 61.3 Å². The van der Waals surface area contributed by atoms with Gasteiger partial charge in [0.25, 0.3) is 0 Å². The van der Waals surface area contributed by atoms with Crippen molar-refractivity contribution in [2.75, 3.05) is 0 Å². The lowest BCUT2D eigenvalue weighted by Crippen LogP contribution is -2.66. The largest absolute Gasteiger partial charge is 0.434 e. The molecular formula is C22H38N2O6S2. The number of carbonyl (C=O) groups is 1. The Morgan fingerprint density at radius 1 is 0.906 bits per heavy atom. The van der Waals surface area contributed by atoms with Crippen molar-refractivity contribution in [1.29, 1.82) is 0 Å². The second kappa shape index (κ2) is 12.0. The van der Waals surface area contributed by atoms with Crippen LogP contribution in [-0.2, 0) is 23.7 Å². The Hall–Kier alpha value is -0.910. The zero-order chi connectivity index (χ0) is 24.2. The summed E-state index contributed by atoms with van der Waals surface area (Å²) in [6.07, 6.45) is -2.50. The SMILES string of the molecule is CCC1OC(OC(C)=O)[C@H](NC(C)=S)C(O)[C@H]1O[C@@H]1OC(CC)[C@@H](C)[C@H](C)C1NC(C)=S. The summed E-state index contributed by atoms with van der Waals surface area (Å²) in [6, 6.07) is -0.954. The molecule has 0 saturated carbocycles. The molecule has 0 bridgehead atoms. The average molecular weight is 491 g/mol. The standard InChI is InChI=1S/C22H38N2O6S2/c1-8-15-10(3)11(4)17(23-12(5)31)21(28-15)30-20-16(9-2)29-22(27-14(7)25)18(19(20)26)24-13(6)32/h10-11,15-22,26H,8-9H2,1-7H3,(H,23,31)(H,24,32)/t10-,11-,15?,16?,17?,18+,19?,20-,21-,22?/m0/s1. The highest BCUT2D eigenvalue weighted by Crippen LogP contribution is 2.35. The number of esters is 1. The van der Waals surface area contributed by atoms with Crippen LogP contribution in [0, 0.1) is 11.8 Å². The molecule has 0 radical (unpaired) electrons. The lowest BCUT2D eigenvalue weighted by Gasteiger charge is -2.49. The molecule has 2 fully saturated rings. The van der Waals surface area contributed by atoms with Crippen molar-refractivity contribution in [3.63, 3.8) is 0 Å². The zero-order valence-corrected chi connectivity index (χ0v) is 21.6. The van der Waals surface area contributed by atoms with Crippen LogP contribution in [0.2, 0.25) is 0 Å². The fraction of sp³-hybridized carbons (Fsp3) is 0.864. The highest BCUT2D eigenvalue weighted by molar-refractivity contribution is 7.80. The molecule has 0 aromatic carbocycles. The summed E-state index contributed by atoms with van der Waals surface area (Å²) in [5.74, 6) is 0.0286. The van der Waals surface area contributed by atoms with Gasteiger partial charge in [0.05, 0.1) is 28.2 Å². The molecule has 2 saturated heterocycles. The summed E-state index contributed by atoms with van der Waals surface area (Å²) in [4.78, 5) is 12.7. The van der Waals surface area contributed by atoms with E-state index in [1.54, 1.807) is 6.92 Å². The first-order valence-electron chi connectivity index (χ1n) is 11.4. The van der Waals surface area contributed by atoms with E-state index in [0.717, 1.165) is 6.42 Å². The molecule has 0 aromatic heterocycles. The van der Waals surface area contributed by atoms with Crippen LogP contribution in [0.4, 0.5) is 0 Å². The van der Waals surface area contributed by atoms with Gasteiger partial charge in [0.1, 0.15) is 18.2 Å². The number of hydrogen-bond acceptors (Lipinski definition) is 8. The van der Waals surface area contributed by atoms with Gasteiger partial charge in [-0.3, -0.25) is 4.79 Å². The van der Waals surface area contributed by atoms with E-state index in [4.69, 9.17) is 43.4 Å². The molecule has 5 unspecified atom stereocenters. The summed E-state index contributed by atoms with van der Waals surface area (Å²) in [5, 5.41) is 17.6. The predicted octanol–water partition coefficient (Wildman–Crippen LogP) is 2.45. The van der Waals surface area contributed by atoms with E-state index < -0.39 is 42.9 Å². The fourth-order valence-corrected chi connectivity index (χ4v) is 4.81. The molecule has 3 N–H and O–H groups in total. The van der Waals surface area contributed by atoms with Crippen molar-refractivity contribution in [2.45, 2.75) is 110 Å². The predicted molar refractivity (Wildman–Crippen MR) is 129 cm³/mol. The maximum atomic E-state index is 11.6. The van der Waals surface area contributed by atoms with Crippen LogP contribution in [0.15, 0.2) is 0 Å². The number of nitrogens with one attached hydrogen (secondary N) is 2. The second-order valence-electron chi connectivity index (χ2n) is 8.77. The summed E-state index contributed by atoms with van der Waals surface area (Å²) in [7, 11) is 0. The first-order chi connectivity index (χ1) is 15.0. The molecule has 2 heterocycles. The van der Waals surface area contributed by atoms with Crippen LogP contribution in [0.5, 0.6) is 0 Å². The van der Waals surface area contributed by atoms with Crippen molar-refractivity contribution < 1.29 is 28.8 Å². The van der Waals surface area contributed by atoms with Crippen LogP contribution >= 0.6 is 24.4 Å². The molecule has 10 heteroatoms. The summed E-state index contributed by atoms with van der Waals surface area (Å²) in [5.41, 5.74) is 0. The first kappa shape index (κ1) is 27.3. The third kappa shape index (κ3) is 6.57. The number of aliphatic hydroxyl groups excluding tert-OH is 1. The van der Waals surface area contributed by atoms with Gasteiger partial charge in [-0.1, -0.05) is 52.1 Å². The first-order valence-corrected chi connectivity index (χ1v) is 12.2. The van der Waals surface area contributed by atoms with Gasteiger partial charge in [-0.05, 0) is 38.5 Å². The molecule has 32 heavy (non-hydrogen) atoms. The Bertz CT molecular complexity index is 681. The number of carbonyl (C=O) groups excluding carboxylic acids is 1. The average Bonchev–Trinajstić information content (AvgIpc) is 2.70. The van der Waals surface area contributed by atoms with E-state index >= 15 is 0 Å². The zero-order valence-electron chi connectivity index (χ0n) is 20.0. The third-order valence-electron chi connectivity index (χ3n) is 6.38. The van der Waals surface area contributed by atoms with Crippen molar-refractivity contribution >= 4 is 40.4 Å². The highest BCUT2D eigenvalue weighted by atomic mass is 32.1. The Morgan fingerprint density at radius 3 is 1.94 bits per heavy atom.